The lowest BCUT2D eigenvalue weighted by Crippen LogP contribution is -2.18. The zero-order valence-corrected chi connectivity index (χ0v) is 12.4. The van der Waals surface area contributed by atoms with Crippen LogP contribution in [0.15, 0.2) is 18.2 Å². The summed E-state index contributed by atoms with van der Waals surface area (Å²) < 4.78 is 26.0. The van der Waals surface area contributed by atoms with Crippen LogP contribution in [0.3, 0.4) is 0 Å². The molecule has 0 heterocycles. The van der Waals surface area contributed by atoms with E-state index < -0.39 is 10.0 Å². The van der Waals surface area contributed by atoms with Crippen molar-refractivity contribution in [3.05, 3.63) is 28.2 Å². The lowest BCUT2D eigenvalue weighted by Gasteiger charge is -2.09. The molecule has 0 radical (unpaired) electrons. The second-order valence-corrected chi connectivity index (χ2v) is 6.54. The van der Waals surface area contributed by atoms with Crippen LogP contribution < -0.4 is 10.0 Å². The molecule has 7 heteroatoms. The predicted molar refractivity (Wildman–Crippen MR) is 77.0 cm³/mol. The SMILES string of the molecule is CNCCCCS(=O)(=O)Nc1ccc(Cl)cc1Cl. The Balaban J connectivity index is 2.59. The first-order valence-electron chi connectivity index (χ1n) is 5.55. The summed E-state index contributed by atoms with van der Waals surface area (Å²) in [7, 11) is -1.52. The maximum Gasteiger partial charge on any atom is 0.232 e. The number of hydrogen-bond acceptors (Lipinski definition) is 3. The monoisotopic (exact) mass is 310 g/mol. The fourth-order valence-corrected chi connectivity index (χ4v) is 3.10. The van der Waals surface area contributed by atoms with Gasteiger partial charge in [-0.15, -0.1) is 0 Å². The maximum absolute atomic E-state index is 11.8. The molecule has 0 amide bonds. The molecular formula is C11H16Cl2N2O2S. The Kier molecular flexibility index (Phi) is 6.21. The first-order chi connectivity index (χ1) is 8.44. The first-order valence-corrected chi connectivity index (χ1v) is 7.95. The summed E-state index contributed by atoms with van der Waals surface area (Å²) in [6, 6.07) is 4.64. The molecule has 0 spiro atoms. The molecule has 0 aliphatic rings. The van der Waals surface area contributed by atoms with E-state index in [1.165, 1.54) is 6.07 Å². The van der Waals surface area contributed by atoms with Crippen LogP contribution in [0.2, 0.25) is 10.0 Å². The number of sulfonamides is 1. The van der Waals surface area contributed by atoms with E-state index in [2.05, 4.69) is 10.0 Å². The minimum atomic E-state index is -3.36. The summed E-state index contributed by atoms with van der Waals surface area (Å²) in [5.74, 6) is 0.0770. The van der Waals surface area contributed by atoms with Gasteiger partial charge >= 0.3 is 0 Å². The minimum absolute atomic E-state index is 0.0770. The van der Waals surface area contributed by atoms with E-state index in [0.29, 0.717) is 22.2 Å². The smallest absolute Gasteiger partial charge is 0.232 e. The van der Waals surface area contributed by atoms with Gasteiger partial charge in [-0.25, -0.2) is 8.42 Å². The zero-order chi connectivity index (χ0) is 13.6. The Morgan fingerprint density at radius 1 is 1.22 bits per heavy atom. The van der Waals surface area contributed by atoms with Gasteiger partial charge in [0.15, 0.2) is 0 Å². The van der Waals surface area contributed by atoms with Crippen molar-refractivity contribution in [2.75, 3.05) is 24.1 Å². The largest absolute Gasteiger partial charge is 0.320 e. The summed E-state index contributed by atoms with van der Waals surface area (Å²) in [4.78, 5) is 0. The third-order valence-corrected chi connectivity index (χ3v) is 4.19. The maximum atomic E-state index is 11.8. The summed E-state index contributed by atoms with van der Waals surface area (Å²) in [6.07, 6.45) is 1.41. The molecule has 4 nitrogen and oxygen atoms in total. The van der Waals surface area contributed by atoms with Crippen molar-refractivity contribution < 1.29 is 8.42 Å². The topological polar surface area (TPSA) is 58.2 Å². The van der Waals surface area contributed by atoms with E-state index in [0.717, 1.165) is 13.0 Å². The van der Waals surface area contributed by atoms with Gasteiger partial charge in [0.2, 0.25) is 10.0 Å². The normalized spacial score (nSPS) is 11.5. The Morgan fingerprint density at radius 3 is 2.56 bits per heavy atom. The molecule has 1 rings (SSSR count). The van der Waals surface area contributed by atoms with Crippen LogP contribution in [0.5, 0.6) is 0 Å². The highest BCUT2D eigenvalue weighted by Crippen LogP contribution is 2.26. The minimum Gasteiger partial charge on any atom is -0.320 e. The van der Waals surface area contributed by atoms with Gasteiger partial charge in [0.25, 0.3) is 0 Å². The molecule has 1 aromatic rings. The molecule has 0 bridgehead atoms. The lowest BCUT2D eigenvalue weighted by atomic mass is 10.3. The molecule has 0 aliphatic carbocycles. The average molecular weight is 311 g/mol. The van der Waals surface area contributed by atoms with Crippen molar-refractivity contribution in [3.63, 3.8) is 0 Å². The Hall–Kier alpha value is -0.490. The second kappa shape index (κ2) is 7.19. The van der Waals surface area contributed by atoms with Crippen LogP contribution >= 0.6 is 23.2 Å². The molecule has 0 aromatic heterocycles. The van der Waals surface area contributed by atoms with Crippen LogP contribution in [0.4, 0.5) is 5.69 Å². The van der Waals surface area contributed by atoms with Gasteiger partial charge in [-0.3, -0.25) is 4.72 Å². The van der Waals surface area contributed by atoms with Crippen molar-refractivity contribution in [1.82, 2.24) is 5.32 Å². The van der Waals surface area contributed by atoms with E-state index in [1.54, 1.807) is 12.1 Å². The molecule has 18 heavy (non-hydrogen) atoms. The number of benzene rings is 1. The number of rotatable bonds is 7. The second-order valence-electron chi connectivity index (χ2n) is 3.86. The Bertz CT molecular complexity index is 492. The zero-order valence-electron chi connectivity index (χ0n) is 10.0. The van der Waals surface area contributed by atoms with Crippen molar-refractivity contribution >= 4 is 38.9 Å². The quantitative estimate of drug-likeness (QED) is 0.761. The number of nitrogens with one attached hydrogen (secondary N) is 2. The molecule has 102 valence electrons. The Morgan fingerprint density at radius 2 is 1.94 bits per heavy atom. The third kappa shape index (κ3) is 5.44. The van der Waals surface area contributed by atoms with E-state index in [1.807, 2.05) is 7.05 Å². The summed E-state index contributed by atoms with van der Waals surface area (Å²) in [5, 5.41) is 3.73. The van der Waals surface area contributed by atoms with Gasteiger partial charge in [-0.05, 0) is 44.6 Å². The van der Waals surface area contributed by atoms with Gasteiger partial charge in [0, 0.05) is 5.02 Å². The molecule has 0 atom stereocenters. The highest BCUT2D eigenvalue weighted by Gasteiger charge is 2.12. The van der Waals surface area contributed by atoms with Crippen LogP contribution in [-0.4, -0.2) is 27.8 Å². The van der Waals surface area contributed by atoms with Crippen LogP contribution in [0.25, 0.3) is 0 Å². The lowest BCUT2D eigenvalue weighted by molar-refractivity contribution is 0.595. The fraction of sp³-hybridized carbons (Fsp3) is 0.455. The highest BCUT2D eigenvalue weighted by molar-refractivity contribution is 7.92. The fourth-order valence-electron chi connectivity index (χ4n) is 1.38. The molecular weight excluding hydrogens is 295 g/mol. The molecule has 1 aromatic carbocycles. The summed E-state index contributed by atoms with van der Waals surface area (Å²) in [6.45, 7) is 0.803. The average Bonchev–Trinajstić information content (AvgIpc) is 2.28. The van der Waals surface area contributed by atoms with Crippen LogP contribution in [0, 0.1) is 0 Å². The first kappa shape index (κ1) is 15.6. The number of halogens is 2. The van der Waals surface area contributed by atoms with Gasteiger partial charge in [-0.2, -0.15) is 0 Å². The molecule has 0 aliphatic heterocycles. The van der Waals surface area contributed by atoms with Gasteiger partial charge in [0.1, 0.15) is 0 Å². The Labute approximate surface area is 118 Å². The number of anilines is 1. The molecule has 0 unspecified atom stereocenters. The van der Waals surface area contributed by atoms with Crippen molar-refractivity contribution in [1.29, 1.82) is 0 Å². The summed E-state index contributed by atoms with van der Waals surface area (Å²) >= 11 is 11.6. The van der Waals surface area contributed by atoms with Gasteiger partial charge in [-0.1, -0.05) is 23.2 Å². The predicted octanol–water partition coefficient (Wildman–Crippen LogP) is 2.73. The molecule has 0 saturated carbocycles. The molecule has 2 N–H and O–H groups in total. The van der Waals surface area contributed by atoms with E-state index >= 15 is 0 Å². The van der Waals surface area contributed by atoms with Crippen LogP contribution in [-0.2, 0) is 10.0 Å². The van der Waals surface area contributed by atoms with E-state index in [-0.39, 0.29) is 5.75 Å². The number of unbranched alkanes of at least 4 members (excludes halogenated alkanes) is 1. The number of hydrogen-bond donors (Lipinski definition) is 2. The van der Waals surface area contributed by atoms with Gasteiger partial charge < -0.3 is 5.32 Å². The van der Waals surface area contributed by atoms with Crippen molar-refractivity contribution in [2.24, 2.45) is 0 Å². The molecule has 0 fully saturated rings. The highest BCUT2D eigenvalue weighted by atomic mass is 35.5. The van der Waals surface area contributed by atoms with Crippen LogP contribution in [0.1, 0.15) is 12.8 Å². The third-order valence-electron chi connectivity index (χ3n) is 2.29. The van der Waals surface area contributed by atoms with E-state index in [4.69, 9.17) is 23.2 Å². The van der Waals surface area contributed by atoms with Crippen molar-refractivity contribution in [3.8, 4) is 0 Å². The molecule has 0 saturated heterocycles. The van der Waals surface area contributed by atoms with E-state index in [9.17, 15) is 8.42 Å². The standard InChI is InChI=1S/C11H16Cl2N2O2S/c1-14-6-2-3-7-18(16,17)15-11-5-4-9(12)8-10(11)13/h4-5,8,14-15H,2-3,6-7H2,1H3. The summed E-state index contributed by atoms with van der Waals surface area (Å²) in [5.41, 5.74) is 0.356. The van der Waals surface area contributed by atoms with Gasteiger partial charge in [0.05, 0.1) is 16.5 Å². The van der Waals surface area contributed by atoms with Crippen molar-refractivity contribution in [2.45, 2.75) is 12.8 Å².